The van der Waals surface area contributed by atoms with Crippen LogP contribution in [0.1, 0.15) is 42.9 Å². The van der Waals surface area contributed by atoms with Crippen molar-refractivity contribution < 1.29 is 5.11 Å². The summed E-state index contributed by atoms with van der Waals surface area (Å²) in [4.78, 5) is 8.20. The number of hydrogen-bond donors (Lipinski definition) is 1. The summed E-state index contributed by atoms with van der Waals surface area (Å²) in [6.45, 7) is 4.55. The van der Waals surface area contributed by atoms with Crippen molar-refractivity contribution in [2.75, 3.05) is 18.0 Å². The lowest BCUT2D eigenvalue weighted by Crippen LogP contribution is -2.18. The third kappa shape index (κ3) is 1.74. The van der Waals surface area contributed by atoms with E-state index >= 15 is 0 Å². The van der Waals surface area contributed by atoms with Gasteiger partial charge in [0.2, 0.25) is 0 Å². The Morgan fingerprint density at radius 2 is 2.31 bits per heavy atom. The number of aryl methyl sites for hydroxylation is 1. The van der Waals surface area contributed by atoms with E-state index in [4.69, 9.17) is 4.98 Å². The molecule has 2 heterocycles. The van der Waals surface area contributed by atoms with E-state index in [2.05, 4.69) is 11.8 Å². The number of aliphatic hydroxyl groups excluding tert-OH is 1. The van der Waals surface area contributed by atoms with Gasteiger partial charge in [0.15, 0.2) is 5.13 Å². The molecule has 0 spiro atoms. The molecule has 0 radical (unpaired) electrons. The van der Waals surface area contributed by atoms with Gasteiger partial charge in [-0.05, 0) is 31.6 Å². The van der Waals surface area contributed by atoms with Crippen LogP contribution in [0.5, 0.6) is 0 Å². The Morgan fingerprint density at radius 3 is 3.00 bits per heavy atom. The van der Waals surface area contributed by atoms with E-state index in [0.29, 0.717) is 0 Å². The summed E-state index contributed by atoms with van der Waals surface area (Å²) in [6.07, 6.45) is 4.05. The minimum Gasteiger partial charge on any atom is -0.388 e. The molecular weight excluding hydrogens is 220 g/mol. The van der Waals surface area contributed by atoms with Crippen LogP contribution in [0.4, 0.5) is 5.13 Å². The topological polar surface area (TPSA) is 36.4 Å². The molecule has 88 valence electrons. The smallest absolute Gasteiger partial charge is 0.185 e. The van der Waals surface area contributed by atoms with Gasteiger partial charge < -0.3 is 10.0 Å². The zero-order valence-electron chi connectivity index (χ0n) is 9.65. The maximum Gasteiger partial charge on any atom is 0.185 e. The third-order valence-corrected chi connectivity index (χ3v) is 4.86. The van der Waals surface area contributed by atoms with E-state index in [-0.39, 0.29) is 6.10 Å². The Kier molecular flexibility index (Phi) is 2.64. The molecule has 0 saturated carbocycles. The van der Waals surface area contributed by atoms with Gasteiger partial charge in [-0.3, -0.25) is 0 Å². The molecule has 4 heteroatoms. The van der Waals surface area contributed by atoms with Crippen LogP contribution < -0.4 is 4.90 Å². The predicted molar refractivity (Wildman–Crippen MR) is 66.0 cm³/mol. The summed E-state index contributed by atoms with van der Waals surface area (Å²) >= 11 is 1.71. The quantitative estimate of drug-likeness (QED) is 0.816. The minimum absolute atomic E-state index is 0.255. The largest absolute Gasteiger partial charge is 0.388 e. The van der Waals surface area contributed by atoms with Gasteiger partial charge >= 0.3 is 0 Å². The molecular formula is C12H18N2OS. The number of aromatic nitrogens is 1. The molecule has 16 heavy (non-hydrogen) atoms. The van der Waals surface area contributed by atoms with Gasteiger partial charge in [0, 0.05) is 13.1 Å². The molecule has 2 atom stereocenters. The Labute approximate surface area is 100 Å². The molecule has 1 aliphatic heterocycles. The molecule has 0 aromatic carbocycles. The number of rotatable bonds is 1. The van der Waals surface area contributed by atoms with E-state index in [1.165, 1.54) is 6.42 Å². The summed E-state index contributed by atoms with van der Waals surface area (Å²) in [6, 6.07) is 0. The van der Waals surface area contributed by atoms with Gasteiger partial charge in [0.1, 0.15) is 0 Å². The van der Waals surface area contributed by atoms with Crippen molar-refractivity contribution in [3.05, 3.63) is 10.6 Å². The average Bonchev–Trinajstić information content (AvgIpc) is 2.84. The molecule has 1 aliphatic carbocycles. The summed E-state index contributed by atoms with van der Waals surface area (Å²) in [5.41, 5.74) is 1.15. The Hall–Kier alpha value is -0.610. The highest BCUT2D eigenvalue weighted by Crippen LogP contribution is 2.38. The molecule has 1 fully saturated rings. The van der Waals surface area contributed by atoms with E-state index in [1.807, 2.05) is 0 Å². The van der Waals surface area contributed by atoms with Gasteiger partial charge in [-0.1, -0.05) is 18.3 Å². The molecule has 1 aromatic heterocycles. The Morgan fingerprint density at radius 1 is 1.44 bits per heavy atom. The zero-order valence-corrected chi connectivity index (χ0v) is 10.5. The first-order chi connectivity index (χ1) is 7.74. The molecule has 3 rings (SSSR count). The van der Waals surface area contributed by atoms with E-state index in [1.54, 1.807) is 11.3 Å². The van der Waals surface area contributed by atoms with Crippen molar-refractivity contribution >= 4 is 16.5 Å². The number of hydrogen-bond acceptors (Lipinski definition) is 4. The van der Waals surface area contributed by atoms with Crippen LogP contribution in [0.15, 0.2) is 0 Å². The van der Waals surface area contributed by atoms with Crippen molar-refractivity contribution in [3.63, 3.8) is 0 Å². The highest BCUT2D eigenvalue weighted by atomic mass is 32.1. The highest BCUT2D eigenvalue weighted by molar-refractivity contribution is 7.15. The minimum atomic E-state index is -0.255. The first-order valence-electron chi connectivity index (χ1n) is 6.16. The molecule has 2 aliphatic rings. The fourth-order valence-corrected chi connectivity index (χ4v) is 3.79. The molecule has 1 saturated heterocycles. The number of anilines is 1. The van der Waals surface area contributed by atoms with Crippen LogP contribution in [-0.4, -0.2) is 23.2 Å². The van der Waals surface area contributed by atoms with Crippen molar-refractivity contribution in [2.45, 2.75) is 38.7 Å². The molecule has 1 aromatic rings. The summed E-state index contributed by atoms with van der Waals surface area (Å²) < 4.78 is 0. The van der Waals surface area contributed by atoms with Crippen LogP contribution in [0, 0.1) is 5.92 Å². The maximum absolute atomic E-state index is 9.92. The van der Waals surface area contributed by atoms with Crippen molar-refractivity contribution in [1.29, 1.82) is 0 Å². The lowest BCUT2D eigenvalue weighted by molar-refractivity contribution is 0.160. The monoisotopic (exact) mass is 238 g/mol. The van der Waals surface area contributed by atoms with Gasteiger partial charge in [-0.15, -0.1) is 0 Å². The number of aliphatic hydroxyl groups is 1. The molecule has 0 bridgehead atoms. The predicted octanol–water partition coefficient (Wildman–Crippen LogP) is 2.36. The molecule has 3 nitrogen and oxygen atoms in total. The van der Waals surface area contributed by atoms with Gasteiger partial charge in [0.05, 0.1) is 16.7 Å². The second-order valence-electron chi connectivity index (χ2n) is 5.06. The second kappa shape index (κ2) is 4.00. The van der Waals surface area contributed by atoms with Crippen molar-refractivity contribution in [2.24, 2.45) is 5.92 Å². The summed E-state index contributed by atoms with van der Waals surface area (Å²) in [7, 11) is 0. The summed E-state index contributed by atoms with van der Waals surface area (Å²) in [5, 5.41) is 11.1. The first-order valence-corrected chi connectivity index (χ1v) is 6.98. The summed E-state index contributed by atoms with van der Waals surface area (Å²) in [5.74, 6) is 0.783. The van der Waals surface area contributed by atoms with Crippen LogP contribution in [-0.2, 0) is 6.42 Å². The third-order valence-electron chi connectivity index (χ3n) is 3.60. The van der Waals surface area contributed by atoms with Gasteiger partial charge in [-0.25, -0.2) is 4.98 Å². The van der Waals surface area contributed by atoms with Crippen molar-refractivity contribution in [1.82, 2.24) is 4.98 Å². The fraction of sp³-hybridized carbons (Fsp3) is 0.750. The number of thiazole rings is 1. The van der Waals surface area contributed by atoms with Crippen LogP contribution >= 0.6 is 11.3 Å². The SMILES string of the molecule is CC1CCN(c2nc3c(s2)C(O)CCC3)C1. The zero-order chi connectivity index (χ0) is 11.1. The molecule has 1 N–H and O–H groups in total. The number of nitrogens with zero attached hydrogens (tertiary/aromatic N) is 2. The molecule has 0 amide bonds. The van der Waals surface area contributed by atoms with E-state index in [0.717, 1.165) is 54.0 Å². The highest BCUT2D eigenvalue weighted by Gasteiger charge is 2.27. The standard InChI is InChI=1S/C12H18N2OS/c1-8-5-6-14(7-8)12-13-9-3-2-4-10(15)11(9)16-12/h8,10,15H,2-7H2,1H3. The lowest BCUT2D eigenvalue weighted by Gasteiger charge is -2.14. The van der Waals surface area contributed by atoms with Crippen LogP contribution in [0.3, 0.4) is 0 Å². The maximum atomic E-state index is 9.92. The van der Waals surface area contributed by atoms with Crippen molar-refractivity contribution in [3.8, 4) is 0 Å². The van der Waals surface area contributed by atoms with E-state index in [9.17, 15) is 5.11 Å². The van der Waals surface area contributed by atoms with Gasteiger partial charge in [0.25, 0.3) is 0 Å². The normalized spacial score (nSPS) is 29.5. The average molecular weight is 238 g/mol. The van der Waals surface area contributed by atoms with E-state index < -0.39 is 0 Å². The van der Waals surface area contributed by atoms with Gasteiger partial charge in [-0.2, -0.15) is 0 Å². The Bertz CT molecular complexity index is 390. The first kappa shape index (κ1) is 10.5. The second-order valence-corrected chi connectivity index (χ2v) is 6.06. The van der Waals surface area contributed by atoms with Crippen LogP contribution in [0.2, 0.25) is 0 Å². The Balaban J connectivity index is 1.86. The fourth-order valence-electron chi connectivity index (χ4n) is 2.63. The molecule has 2 unspecified atom stereocenters. The number of fused-ring (bicyclic) bond motifs is 1. The lowest BCUT2D eigenvalue weighted by atomic mass is 10.0. The van der Waals surface area contributed by atoms with Crippen LogP contribution in [0.25, 0.3) is 0 Å².